The van der Waals surface area contributed by atoms with Gasteiger partial charge in [-0.15, -0.1) is 0 Å². The van der Waals surface area contributed by atoms with E-state index in [-0.39, 0.29) is 12.1 Å². The average Bonchev–Trinajstić information content (AvgIpc) is 3.05. The zero-order valence-corrected chi connectivity index (χ0v) is 18.4. The molecule has 160 valence electrons. The first-order valence-electron chi connectivity index (χ1n) is 11.3. The molecule has 0 bridgehead atoms. The molecule has 30 heavy (non-hydrogen) atoms. The van der Waals surface area contributed by atoms with Crippen molar-refractivity contribution in [3.8, 4) is 0 Å². The molecule has 2 aliphatic rings. The van der Waals surface area contributed by atoms with Crippen molar-refractivity contribution < 1.29 is 4.79 Å². The molecule has 2 fully saturated rings. The third kappa shape index (κ3) is 5.35. The van der Waals surface area contributed by atoms with Gasteiger partial charge in [-0.05, 0) is 36.1 Å². The molecule has 4 rings (SSSR count). The number of nitrogens with one attached hydrogen (secondary N) is 1. The average molecular weight is 426 g/mol. The summed E-state index contributed by atoms with van der Waals surface area (Å²) in [4.78, 5) is 17.3. The lowest BCUT2D eigenvalue weighted by Crippen LogP contribution is -2.54. The highest BCUT2D eigenvalue weighted by molar-refractivity contribution is 6.30. The normalized spacial score (nSPS) is 19.8. The largest absolute Gasteiger partial charge is 0.335 e. The van der Waals surface area contributed by atoms with Crippen LogP contribution in [0.25, 0.3) is 0 Å². The zero-order chi connectivity index (χ0) is 20.8. The fraction of sp³-hybridized carbons (Fsp3) is 0.480. The van der Waals surface area contributed by atoms with E-state index < -0.39 is 0 Å². The van der Waals surface area contributed by atoms with E-state index in [0.29, 0.717) is 6.04 Å². The molecule has 1 saturated carbocycles. The molecule has 1 aliphatic carbocycles. The van der Waals surface area contributed by atoms with Crippen molar-refractivity contribution in [3.63, 3.8) is 0 Å². The Morgan fingerprint density at radius 1 is 0.833 bits per heavy atom. The van der Waals surface area contributed by atoms with Crippen LogP contribution in [0.1, 0.15) is 55.7 Å². The molecule has 2 amide bonds. The molecule has 4 nitrogen and oxygen atoms in total. The maximum absolute atomic E-state index is 12.8. The number of nitrogens with zero attached hydrogens (tertiary/aromatic N) is 2. The quantitative estimate of drug-likeness (QED) is 0.658. The standard InChI is InChI=1S/C25H32ClN3O/c26-22-14-12-21(13-15-22)24(20-8-4-3-5-9-20)28-16-18-29(19-17-28)25(30)27-23-10-6-1-2-7-11-23/h3-5,8-9,12-15,23-24H,1-2,6-7,10-11,16-19H2,(H,27,30). The summed E-state index contributed by atoms with van der Waals surface area (Å²) in [6, 6.07) is 19.4. The third-order valence-corrected chi connectivity index (χ3v) is 6.70. The van der Waals surface area contributed by atoms with E-state index in [2.05, 4.69) is 52.7 Å². The second-order valence-corrected chi connectivity index (χ2v) is 8.96. The van der Waals surface area contributed by atoms with Crippen LogP contribution in [0.4, 0.5) is 4.79 Å². The van der Waals surface area contributed by atoms with Crippen molar-refractivity contribution in [3.05, 3.63) is 70.7 Å². The first kappa shape index (κ1) is 21.2. The lowest BCUT2D eigenvalue weighted by atomic mass is 9.96. The molecule has 2 aromatic carbocycles. The smallest absolute Gasteiger partial charge is 0.317 e. The molecule has 1 saturated heterocycles. The Morgan fingerprint density at radius 3 is 2.07 bits per heavy atom. The summed E-state index contributed by atoms with van der Waals surface area (Å²) in [6.07, 6.45) is 7.32. The van der Waals surface area contributed by atoms with Gasteiger partial charge in [0.15, 0.2) is 0 Å². The lowest BCUT2D eigenvalue weighted by Gasteiger charge is -2.40. The highest BCUT2D eigenvalue weighted by Crippen LogP contribution is 2.30. The maximum Gasteiger partial charge on any atom is 0.317 e. The minimum Gasteiger partial charge on any atom is -0.335 e. The van der Waals surface area contributed by atoms with Gasteiger partial charge in [-0.3, -0.25) is 4.90 Å². The number of halogens is 1. The minimum absolute atomic E-state index is 0.115. The number of benzene rings is 2. The van der Waals surface area contributed by atoms with Gasteiger partial charge in [-0.2, -0.15) is 0 Å². The fourth-order valence-electron chi connectivity index (χ4n) is 4.77. The van der Waals surface area contributed by atoms with Crippen LogP contribution in [0.2, 0.25) is 5.02 Å². The van der Waals surface area contributed by atoms with Gasteiger partial charge in [0.1, 0.15) is 0 Å². The van der Waals surface area contributed by atoms with E-state index in [1.807, 2.05) is 17.0 Å². The van der Waals surface area contributed by atoms with Crippen molar-refractivity contribution in [2.45, 2.75) is 50.6 Å². The predicted molar refractivity (Wildman–Crippen MR) is 123 cm³/mol. The summed E-state index contributed by atoms with van der Waals surface area (Å²) in [5, 5.41) is 4.05. The van der Waals surface area contributed by atoms with E-state index in [1.54, 1.807) is 0 Å². The summed E-state index contributed by atoms with van der Waals surface area (Å²) in [6.45, 7) is 3.24. The van der Waals surface area contributed by atoms with Gasteiger partial charge in [0.2, 0.25) is 0 Å². The monoisotopic (exact) mass is 425 g/mol. The minimum atomic E-state index is 0.115. The van der Waals surface area contributed by atoms with Crippen molar-refractivity contribution in [2.75, 3.05) is 26.2 Å². The molecule has 0 aromatic heterocycles. The van der Waals surface area contributed by atoms with E-state index in [0.717, 1.165) is 44.0 Å². The molecule has 1 unspecified atom stereocenters. The Kier molecular flexibility index (Phi) is 7.29. The van der Waals surface area contributed by atoms with Crippen molar-refractivity contribution in [1.29, 1.82) is 0 Å². The third-order valence-electron chi connectivity index (χ3n) is 6.45. The molecule has 1 atom stereocenters. The van der Waals surface area contributed by atoms with Gasteiger partial charge >= 0.3 is 6.03 Å². The number of piperazine rings is 1. The molecular formula is C25H32ClN3O. The number of hydrogen-bond acceptors (Lipinski definition) is 2. The summed E-state index contributed by atoms with van der Waals surface area (Å²) in [5.74, 6) is 0. The summed E-state index contributed by atoms with van der Waals surface area (Å²) < 4.78 is 0. The van der Waals surface area contributed by atoms with Crippen molar-refractivity contribution in [2.24, 2.45) is 0 Å². The van der Waals surface area contributed by atoms with E-state index >= 15 is 0 Å². The number of hydrogen-bond donors (Lipinski definition) is 1. The van der Waals surface area contributed by atoms with Crippen LogP contribution in [0.15, 0.2) is 54.6 Å². The van der Waals surface area contributed by atoms with Crippen molar-refractivity contribution in [1.82, 2.24) is 15.1 Å². The Hall–Kier alpha value is -2.04. The first-order valence-corrected chi connectivity index (χ1v) is 11.7. The molecule has 0 spiro atoms. The molecule has 2 aromatic rings. The molecule has 1 N–H and O–H groups in total. The summed E-state index contributed by atoms with van der Waals surface area (Å²) in [5.41, 5.74) is 2.51. The van der Waals surface area contributed by atoms with Gasteiger partial charge in [0.25, 0.3) is 0 Å². The van der Waals surface area contributed by atoms with E-state index in [9.17, 15) is 4.79 Å². The van der Waals surface area contributed by atoms with E-state index in [4.69, 9.17) is 11.6 Å². The van der Waals surface area contributed by atoms with Crippen molar-refractivity contribution >= 4 is 17.6 Å². The number of urea groups is 1. The van der Waals surface area contributed by atoms with Gasteiger partial charge in [-0.1, -0.05) is 79.7 Å². The van der Waals surface area contributed by atoms with Crippen LogP contribution >= 0.6 is 11.6 Å². The number of carbonyl (C=O) groups excluding carboxylic acids is 1. The molecule has 0 radical (unpaired) electrons. The fourth-order valence-corrected chi connectivity index (χ4v) is 4.89. The van der Waals surface area contributed by atoms with Crippen LogP contribution in [0, 0.1) is 0 Å². The molecule has 1 heterocycles. The molecule has 5 heteroatoms. The second kappa shape index (κ2) is 10.3. The number of amides is 2. The number of carbonyl (C=O) groups is 1. The van der Waals surface area contributed by atoms with Crippen LogP contribution in [0.5, 0.6) is 0 Å². The Bertz CT molecular complexity index is 795. The second-order valence-electron chi connectivity index (χ2n) is 8.53. The van der Waals surface area contributed by atoms with Gasteiger partial charge in [0, 0.05) is 37.2 Å². The summed E-state index contributed by atoms with van der Waals surface area (Å²) in [7, 11) is 0. The highest BCUT2D eigenvalue weighted by atomic mass is 35.5. The Labute approximate surface area is 185 Å². The van der Waals surface area contributed by atoms with Gasteiger partial charge in [0.05, 0.1) is 6.04 Å². The van der Waals surface area contributed by atoms with Crippen LogP contribution < -0.4 is 5.32 Å². The Balaban J connectivity index is 1.41. The highest BCUT2D eigenvalue weighted by Gasteiger charge is 2.29. The topological polar surface area (TPSA) is 35.6 Å². The predicted octanol–water partition coefficient (Wildman–Crippen LogP) is 5.48. The van der Waals surface area contributed by atoms with Crippen LogP contribution in [-0.4, -0.2) is 48.1 Å². The maximum atomic E-state index is 12.8. The zero-order valence-electron chi connectivity index (χ0n) is 17.6. The van der Waals surface area contributed by atoms with Gasteiger partial charge < -0.3 is 10.2 Å². The summed E-state index contributed by atoms with van der Waals surface area (Å²) >= 11 is 6.13. The number of rotatable bonds is 4. The lowest BCUT2D eigenvalue weighted by molar-refractivity contribution is 0.118. The van der Waals surface area contributed by atoms with Crippen LogP contribution in [-0.2, 0) is 0 Å². The van der Waals surface area contributed by atoms with E-state index in [1.165, 1.54) is 36.8 Å². The van der Waals surface area contributed by atoms with Gasteiger partial charge in [-0.25, -0.2) is 4.79 Å². The van der Waals surface area contributed by atoms with Crippen LogP contribution in [0.3, 0.4) is 0 Å². The molecular weight excluding hydrogens is 394 g/mol. The SMILES string of the molecule is O=C(NC1CCCCCC1)N1CCN(C(c2ccccc2)c2ccc(Cl)cc2)CC1. The molecule has 1 aliphatic heterocycles. The first-order chi connectivity index (χ1) is 14.7. The Morgan fingerprint density at radius 2 is 1.43 bits per heavy atom.